The lowest BCUT2D eigenvalue weighted by Gasteiger charge is -2.23. The molecule has 1 saturated heterocycles. The van der Waals surface area contributed by atoms with Crippen LogP contribution >= 0.6 is 12.2 Å². The molecule has 0 bridgehead atoms. The van der Waals surface area contributed by atoms with E-state index in [-0.39, 0.29) is 6.10 Å². The minimum Gasteiger partial charge on any atom is -0.389 e. The average molecular weight is 252 g/mol. The Morgan fingerprint density at radius 1 is 1.35 bits per heavy atom. The number of nitrogens with two attached hydrogens (primary N) is 1. The van der Waals surface area contributed by atoms with Gasteiger partial charge in [-0.15, -0.1) is 0 Å². The van der Waals surface area contributed by atoms with E-state index < -0.39 is 0 Å². The Hall–Kier alpha value is -1.17. The van der Waals surface area contributed by atoms with E-state index in [0.29, 0.717) is 24.8 Å². The Bertz CT molecular complexity index is 375. The van der Waals surface area contributed by atoms with Crippen LogP contribution in [0.3, 0.4) is 0 Å². The zero-order valence-electron chi connectivity index (χ0n) is 9.52. The molecule has 5 heteroatoms. The Labute approximate surface area is 106 Å². The number of hydrogen-bond acceptors (Lipinski definition) is 4. The van der Waals surface area contributed by atoms with Gasteiger partial charge in [0.25, 0.3) is 0 Å². The fourth-order valence-corrected chi connectivity index (χ4v) is 1.77. The highest BCUT2D eigenvalue weighted by Crippen LogP contribution is 2.10. The van der Waals surface area contributed by atoms with Crippen molar-refractivity contribution in [2.45, 2.75) is 6.10 Å². The maximum absolute atomic E-state index is 5.53. The molecule has 0 aliphatic carbocycles. The van der Waals surface area contributed by atoms with Gasteiger partial charge in [-0.2, -0.15) is 0 Å². The van der Waals surface area contributed by atoms with E-state index >= 15 is 0 Å². The maximum atomic E-state index is 5.53. The number of benzene rings is 1. The van der Waals surface area contributed by atoms with Crippen LogP contribution in [0, 0.1) is 0 Å². The summed E-state index contributed by atoms with van der Waals surface area (Å²) in [7, 11) is 0. The van der Waals surface area contributed by atoms with E-state index in [1.807, 2.05) is 24.3 Å². The molecule has 0 amide bonds. The van der Waals surface area contributed by atoms with Gasteiger partial charge in [-0.05, 0) is 24.3 Å². The van der Waals surface area contributed by atoms with Gasteiger partial charge < -0.3 is 20.5 Å². The fraction of sp³-hybridized carbons (Fsp3) is 0.417. The first-order chi connectivity index (χ1) is 8.25. The smallest absolute Gasteiger partial charge is 0.103 e. The topological polar surface area (TPSA) is 56.5 Å². The van der Waals surface area contributed by atoms with Crippen LogP contribution in [0.15, 0.2) is 24.3 Å². The van der Waals surface area contributed by atoms with Gasteiger partial charge in [0, 0.05) is 17.8 Å². The largest absolute Gasteiger partial charge is 0.389 e. The van der Waals surface area contributed by atoms with E-state index in [0.717, 1.165) is 17.8 Å². The van der Waals surface area contributed by atoms with Crippen LogP contribution in [0.2, 0.25) is 0 Å². The van der Waals surface area contributed by atoms with Crippen LogP contribution in [-0.4, -0.2) is 37.5 Å². The molecular weight excluding hydrogens is 236 g/mol. The predicted octanol–water partition coefficient (Wildman–Crippen LogP) is 1.15. The molecular formula is C12H16N2O2S. The van der Waals surface area contributed by atoms with Crippen molar-refractivity contribution in [1.29, 1.82) is 0 Å². The lowest BCUT2D eigenvalue weighted by atomic mass is 10.2. The van der Waals surface area contributed by atoms with Crippen LogP contribution in [0.4, 0.5) is 5.69 Å². The molecule has 1 aliphatic heterocycles. The van der Waals surface area contributed by atoms with E-state index in [9.17, 15) is 0 Å². The highest BCUT2D eigenvalue weighted by atomic mass is 32.1. The number of hydrogen-bond donors (Lipinski definition) is 2. The first-order valence-corrected chi connectivity index (χ1v) is 5.99. The Morgan fingerprint density at radius 3 is 2.71 bits per heavy atom. The van der Waals surface area contributed by atoms with Crippen molar-refractivity contribution in [3.05, 3.63) is 29.8 Å². The molecule has 0 spiro atoms. The first-order valence-electron chi connectivity index (χ1n) is 5.59. The number of ether oxygens (including phenoxy) is 2. The van der Waals surface area contributed by atoms with Gasteiger partial charge in [0.1, 0.15) is 4.99 Å². The zero-order chi connectivity index (χ0) is 12.1. The number of rotatable bonds is 4. The first kappa shape index (κ1) is 12.3. The highest BCUT2D eigenvalue weighted by molar-refractivity contribution is 7.80. The molecule has 1 aromatic carbocycles. The number of nitrogens with one attached hydrogen (secondary N) is 1. The Kier molecular flexibility index (Phi) is 4.30. The molecule has 1 aromatic rings. The van der Waals surface area contributed by atoms with Crippen molar-refractivity contribution < 1.29 is 9.47 Å². The van der Waals surface area contributed by atoms with E-state index in [1.54, 1.807) is 0 Å². The monoisotopic (exact) mass is 252 g/mol. The third-order valence-electron chi connectivity index (χ3n) is 2.59. The third kappa shape index (κ3) is 3.66. The summed E-state index contributed by atoms with van der Waals surface area (Å²) in [5.41, 5.74) is 7.43. The second-order valence-electron chi connectivity index (χ2n) is 3.89. The SMILES string of the molecule is NC(=S)c1ccc(NCC2COCCO2)cc1. The molecule has 92 valence electrons. The maximum Gasteiger partial charge on any atom is 0.103 e. The molecule has 0 radical (unpaired) electrons. The van der Waals surface area contributed by atoms with Gasteiger partial charge in [-0.25, -0.2) is 0 Å². The van der Waals surface area contributed by atoms with Gasteiger partial charge in [0.2, 0.25) is 0 Å². The molecule has 1 aliphatic rings. The number of anilines is 1. The Balaban J connectivity index is 1.84. The predicted molar refractivity (Wildman–Crippen MR) is 71.4 cm³/mol. The fourth-order valence-electron chi connectivity index (χ4n) is 1.64. The van der Waals surface area contributed by atoms with Crippen molar-refractivity contribution in [3.63, 3.8) is 0 Å². The van der Waals surface area contributed by atoms with Crippen LogP contribution in [0.25, 0.3) is 0 Å². The molecule has 1 unspecified atom stereocenters. The second-order valence-corrected chi connectivity index (χ2v) is 4.33. The van der Waals surface area contributed by atoms with Crippen molar-refractivity contribution in [1.82, 2.24) is 0 Å². The minimum atomic E-state index is 0.124. The van der Waals surface area contributed by atoms with Gasteiger partial charge in [-0.3, -0.25) is 0 Å². The van der Waals surface area contributed by atoms with Crippen molar-refractivity contribution in [2.75, 3.05) is 31.7 Å². The molecule has 1 atom stereocenters. The molecule has 2 rings (SSSR count). The Morgan fingerprint density at radius 2 is 2.12 bits per heavy atom. The molecule has 17 heavy (non-hydrogen) atoms. The van der Waals surface area contributed by atoms with Gasteiger partial charge in [-0.1, -0.05) is 12.2 Å². The van der Waals surface area contributed by atoms with E-state index in [2.05, 4.69) is 5.32 Å². The van der Waals surface area contributed by atoms with Crippen molar-refractivity contribution >= 4 is 22.9 Å². The van der Waals surface area contributed by atoms with Gasteiger partial charge in [0.05, 0.1) is 25.9 Å². The summed E-state index contributed by atoms with van der Waals surface area (Å²) in [5, 5.41) is 3.29. The highest BCUT2D eigenvalue weighted by Gasteiger charge is 2.13. The minimum absolute atomic E-state index is 0.124. The summed E-state index contributed by atoms with van der Waals surface area (Å²) in [6.07, 6.45) is 0.124. The standard InChI is InChI=1S/C12H16N2O2S/c13-12(17)9-1-3-10(4-2-9)14-7-11-8-15-5-6-16-11/h1-4,11,14H,5-8H2,(H2,13,17). The number of thiocarbonyl (C=S) groups is 1. The van der Waals surface area contributed by atoms with Crippen LogP contribution in [0.1, 0.15) is 5.56 Å². The quantitative estimate of drug-likeness (QED) is 0.787. The molecule has 0 saturated carbocycles. The lowest BCUT2D eigenvalue weighted by molar-refractivity contribution is -0.0818. The summed E-state index contributed by atoms with van der Waals surface area (Å²) >= 11 is 4.89. The summed E-state index contributed by atoms with van der Waals surface area (Å²) in [5.74, 6) is 0. The lowest BCUT2D eigenvalue weighted by Crippen LogP contribution is -2.34. The average Bonchev–Trinajstić information content (AvgIpc) is 2.38. The van der Waals surface area contributed by atoms with E-state index in [1.165, 1.54) is 0 Å². The van der Waals surface area contributed by atoms with Crippen molar-refractivity contribution in [2.24, 2.45) is 5.73 Å². The zero-order valence-corrected chi connectivity index (χ0v) is 10.3. The van der Waals surface area contributed by atoms with Crippen LogP contribution in [-0.2, 0) is 9.47 Å². The molecule has 3 N–H and O–H groups in total. The van der Waals surface area contributed by atoms with Crippen molar-refractivity contribution in [3.8, 4) is 0 Å². The van der Waals surface area contributed by atoms with Gasteiger partial charge >= 0.3 is 0 Å². The summed E-state index contributed by atoms with van der Waals surface area (Å²) in [6.45, 7) is 2.76. The summed E-state index contributed by atoms with van der Waals surface area (Å²) in [6, 6.07) is 7.72. The molecule has 1 heterocycles. The van der Waals surface area contributed by atoms with Gasteiger partial charge in [0.15, 0.2) is 0 Å². The van der Waals surface area contributed by atoms with Crippen LogP contribution in [0.5, 0.6) is 0 Å². The molecule has 1 fully saturated rings. The second kappa shape index (κ2) is 5.95. The normalized spacial score (nSPS) is 19.9. The summed E-state index contributed by atoms with van der Waals surface area (Å²) < 4.78 is 10.9. The molecule has 0 aromatic heterocycles. The molecule has 4 nitrogen and oxygen atoms in total. The third-order valence-corrected chi connectivity index (χ3v) is 2.82. The summed E-state index contributed by atoms with van der Waals surface area (Å²) in [4.78, 5) is 0.417. The van der Waals surface area contributed by atoms with Crippen LogP contribution < -0.4 is 11.1 Å². The van der Waals surface area contributed by atoms with E-state index in [4.69, 9.17) is 27.4 Å².